The molecule has 0 N–H and O–H groups in total. The summed E-state index contributed by atoms with van der Waals surface area (Å²) in [5.74, 6) is 0.669. The number of rotatable bonds is 14. The largest absolute Gasteiger partial charge is 0.494 e. The molecule has 218 valence electrons. The fourth-order valence-electron chi connectivity index (χ4n) is 4.51. The molecule has 1 unspecified atom stereocenters. The number of hydrogen-bond acceptors (Lipinski definition) is 8. The van der Waals surface area contributed by atoms with Crippen LogP contribution in [0.4, 0.5) is 0 Å². The van der Waals surface area contributed by atoms with E-state index in [2.05, 4.69) is 20.1 Å². The summed E-state index contributed by atoms with van der Waals surface area (Å²) < 4.78 is 21.6. The van der Waals surface area contributed by atoms with Crippen LogP contribution in [0.2, 0.25) is 0 Å². The SMILES string of the molecule is C=CC(=O)OCCCCOc1ccc(SC(=O)c2ccc3c(c2)C(C)c2cc(OCCOC(=O)C(=C)C)ccc2-3)cc1. The molecule has 1 aliphatic rings. The Kier molecular flexibility index (Phi) is 10.6. The second-order valence-electron chi connectivity index (χ2n) is 9.83. The molecule has 0 spiro atoms. The van der Waals surface area contributed by atoms with Crippen molar-refractivity contribution in [2.24, 2.45) is 0 Å². The molecule has 0 heterocycles. The molecule has 0 saturated heterocycles. The third kappa shape index (κ3) is 7.91. The van der Waals surface area contributed by atoms with Crippen LogP contribution in [0.15, 0.2) is 90.4 Å². The first-order chi connectivity index (χ1) is 20.3. The second kappa shape index (κ2) is 14.5. The van der Waals surface area contributed by atoms with Gasteiger partial charge in [-0.2, -0.15) is 0 Å². The molecule has 0 aromatic heterocycles. The van der Waals surface area contributed by atoms with Crippen molar-refractivity contribution in [1.29, 1.82) is 0 Å². The molecule has 8 heteroatoms. The molecule has 0 saturated carbocycles. The van der Waals surface area contributed by atoms with Gasteiger partial charge < -0.3 is 18.9 Å². The van der Waals surface area contributed by atoms with Gasteiger partial charge in [-0.05, 0) is 102 Å². The number of unbranched alkanes of at least 4 members (excludes halogenated alkanes) is 1. The van der Waals surface area contributed by atoms with Crippen molar-refractivity contribution in [2.75, 3.05) is 26.4 Å². The molecule has 0 radical (unpaired) electrons. The molecule has 1 aliphatic carbocycles. The van der Waals surface area contributed by atoms with Gasteiger partial charge in [-0.15, -0.1) is 0 Å². The van der Waals surface area contributed by atoms with Crippen molar-refractivity contribution in [1.82, 2.24) is 0 Å². The summed E-state index contributed by atoms with van der Waals surface area (Å²) in [4.78, 5) is 36.5. The number of carbonyl (C=O) groups excluding carboxylic acids is 3. The maximum atomic E-state index is 13.1. The Morgan fingerprint density at radius 2 is 1.45 bits per heavy atom. The average molecular weight is 587 g/mol. The van der Waals surface area contributed by atoms with Crippen LogP contribution in [0, 0.1) is 0 Å². The van der Waals surface area contributed by atoms with Crippen molar-refractivity contribution in [3.8, 4) is 22.6 Å². The van der Waals surface area contributed by atoms with E-state index in [1.165, 1.54) is 11.8 Å². The molecular weight excluding hydrogens is 552 g/mol. The standard InChI is InChI=1S/C34H34O7S/c1-5-32(35)40-17-7-6-16-38-25-9-12-27(13-10-25)42-34(37)24-8-14-28-29-15-11-26(21-31(29)23(4)30(28)20-24)39-18-19-41-33(36)22(2)3/h5,8-15,20-21,23H,1-2,6-7,16-19H2,3-4H3. The summed E-state index contributed by atoms with van der Waals surface area (Å²) in [6.45, 7) is 11.9. The van der Waals surface area contributed by atoms with Crippen LogP contribution in [-0.2, 0) is 19.1 Å². The highest BCUT2D eigenvalue weighted by molar-refractivity contribution is 8.14. The lowest BCUT2D eigenvalue weighted by Crippen LogP contribution is -2.12. The third-order valence-electron chi connectivity index (χ3n) is 6.72. The van der Waals surface area contributed by atoms with Gasteiger partial charge >= 0.3 is 11.9 Å². The van der Waals surface area contributed by atoms with Crippen LogP contribution < -0.4 is 9.47 Å². The van der Waals surface area contributed by atoms with E-state index >= 15 is 0 Å². The minimum atomic E-state index is -0.430. The van der Waals surface area contributed by atoms with Crippen LogP contribution >= 0.6 is 11.8 Å². The molecule has 0 aliphatic heterocycles. The summed E-state index contributed by atoms with van der Waals surface area (Å²) >= 11 is 1.18. The van der Waals surface area contributed by atoms with Crippen LogP contribution in [0.3, 0.4) is 0 Å². The summed E-state index contributed by atoms with van der Waals surface area (Å²) in [6.07, 6.45) is 2.60. The van der Waals surface area contributed by atoms with Crippen molar-refractivity contribution >= 4 is 28.8 Å². The molecule has 42 heavy (non-hydrogen) atoms. The van der Waals surface area contributed by atoms with E-state index in [0.717, 1.165) is 45.4 Å². The Labute approximate surface area is 250 Å². The third-order valence-corrected chi connectivity index (χ3v) is 7.65. The van der Waals surface area contributed by atoms with Gasteiger partial charge in [-0.3, -0.25) is 4.79 Å². The van der Waals surface area contributed by atoms with E-state index in [1.807, 2.05) is 60.7 Å². The van der Waals surface area contributed by atoms with E-state index in [1.54, 1.807) is 6.92 Å². The molecule has 4 rings (SSSR count). The second-order valence-corrected chi connectivity index (χ2v) is 10.9. The van der Waals surface area contributed by atoms with Gasteiger partial charge in [-0.1, -0.05) is 32.2 Å². The lowest BCUT2D eigenvalue weighted by Gasteiger charge is -2.11. The Bertz CT molecular complexity index is 1480. The van der Waals surface area contributed by atoms with E-state index in [9.17, 15) is 14.4 Å². The summed E-state index contributed by atoms with van der Waals surface area (Å²) in [7, 11) is 0. The van der Waals surface area contributed by atoms with Crippen LogP contribution in [-0.4, -0.2) is 43.5 Å². The smallest absolute Gasteiger partial charge is 0.333 e. The van der Waals surface area contributed by atoms with Crippen molar-refractivity contribution in [3.63, 3.8) is 0 Å². The highest BCUT2D eigenvalue weighted by atomic mass is 32.2. The van der Waals surface area contributed by atoms with Crippen LogP contribution in [0.5, 0.6) is 11.5 Å². The number of carbonyl (C=O) groups is 3. The summed E-state index contributed by atoms with van der Waals surface area (Å²) in [5.41, 5.74) is 5.47. The molecule has 3 aromatic rings. The maximum absolute atomic E-state index is 13.1. The van der Waals surface area contributed by atoms with E-state index in [4.69, 9.17) is 18.9 Å². The number of thioether (sulfide) groups is 1. The zero-order valence-electron chi connectivity index (χ0n) is 23.9. The highest BCUT2D eigenvalue weighted by Gasteiger charge is 2.27. The van der Waals surface area contributed by atoms with Gasteiger partial charge in [0, 0.05) is 28.0 Å². The zero-order chi connectivity index (χ0) is 30.1. The van der Waals surface area contributed by atoms with Crippen LogP contribution in [0.25, 0.3) is 11.1 Å². The molecule has 0 amide bonds. The van der Waals surface area contributed by atoms with Crippen molar-refractivity contribution < 1.29 is 33.3 Å². The molecule has 1 atom stereocenters. The van der Waals surface area contributed by atoms with Crippen LogP contribution in [0.1, 0.15) is 54.1 Å². The normalized spacial score (nSPS) is 13.0. The first-order valence-electron chi connectivity index (χ1n) is 13.7. The van der Waals surface area contributed by atoms with Gasteiger partial charge in [-0.25, -0.2) is 9.59 Å². The first kappa shape index (κ1) is 30.7. The Morgan fingerprint density at radius 3 is 2.17 bits per heavy atom. The first-order valence-corrected chi connectivity index (χ1v) is 14.6. The number of fused-ring (bicyclic) bond motifs is 3. The summed E-state index contributed by atoms with van der Waals surface area (Å²) in [6, 6.07) is 19.3. The lowest BCUT2D eigenvalue weighted by molar-refractivity contribution is -0.140. The molecule has 0 bridgehead atoms. The van der Waals surface area contributed by atoms with E-state index < -0.39 is 11.9 Å². The Balaban J connectivity index is 1.29. The van der Waals surface area contributed by atoms with Gasteiger partial charge in [0.2, 0.25) is 5.12 Å². The monoisotopic (exact) mass is 586 g/mol. The average Bonchev–Trinajstić information content (AvgIpc) is 3.27. The van der Waals surface area contributed by atoms with Crippen molar-refractivity contribution in [2.45, 2.75) is 37.5 Å². The molecular formula is C34H34O7S. The minimum absolute atomic E-state index is 0.0305. The van der Waals surface area contributed by atoms with Gasteiger partial charge in [0.25, 0.3) is 0 Å². The fourth-order valence-corrected chi connectivity index (χ4v) is 5.24. The Morgan fingerprint density at radius 1 is 0.810 bits per heavy atom. The zero-order valence-corrected chi connectivity index (χ0v) is 24.7. The molecule has 3 aromatic carbocycles. The molecule has 0 fully saturated rings. The summed E-state index contributed by atoms with van der Waals surface area (Å²) in [5, 5.41) is -0.0305. The number of benzene rings is 3. The van der Waals surface area contributed by atoms with Gasteiger partial charge in [0.1, 0.15) is 24.7 Å². The van der Waals surface area contributed by atoms with Crippen molar-refractivity contribution in [3.05, 3.63) is 102 Å². The maximum Gasteiger partial charge on any atom is 0.333 e. The van der Waals surface area contributed by atoms with Gasteiger partial charge in [0.15, 0.2) is 0 Å². The van der Waals surface area contributed by atoms with Gasteiger partial charge in [0.05, 0.1) is 13.2 Å². The number of hydrogen-bond donors (Lipinski definition) is 0. The highest BCUT2D eigenvalue weighted by Crippen LogP contribution is 2.46. The quantitative estimate of drug-likeness (QED) is 0.0853. The Hall–Kier alpha value is -4.30. The molecule has 7 nitrogen and oxygen atoms in total. The lowest BCUT2D eigenvalue weighted by atomic mass is 9.98. The fraction of sp³-hybridized carbons (Fsp3) is 0.265. The predicted octanol–water partition coefficient (Wildman–Crippen LogP) is 7.14. The van der Waals surface area contributed by atoms with E-state index in [0.29, 0.717) is 36.5 Å². The van der Waals surface area contributed by atoms with E-state index in [-0.39, 0.29) is 24.2 Å². The minimum Gasteiger partial charge on any atom is -0.494 e. The predicted molar refractivity (Wildman–Crippen MR) is 163 cm³/mol. The number of esters is 2. The topological polar surface area (TPSA) is 88.1 Å². The number of ether oxygens (including phenoxy) is 4.